The first-order valence-electron chi connectivity index (χ1n) is 6.18. The average Bonchev–Trinajstić information content (AvgIpc) is 2.79. The Labute approximate surface area is 118 Å². The zero-order valence-electron chi connectivity index (χ0n) is 10.9. The summed E-state index contributed by atoms with van der Waals surface area (Å²) in [6.45, 7) is 1.72. The molecule has 0 aliphatic carbocycles. The summed E-state index contributed by atoms with van der Waals surface area (Å²) in [6.07, 6.45) is 0. The Morgan fingerprint density at radius 1 is 1.43 bits per heavy atom. The van der Waals surface area contributed by atoms with E-state index in [2.05, 4.69) is 10.2 Å². The van der Waals surface area contributed by atoms with Crippen LogP contribution in [0.1, 0.15) is 22.7 Å². The highest BCUT2D eigenvalue weighted by atomic mass is 19.1. The molecule has 2 atom stereocenters. The minimum atomic E-state index is -0.992. The van der Waals surface area contributed by atoms with Crippen LogP contribution in [-0.2, 0) is 0 Å². The van der Waals surface area contributed by atoms with E-state index in [-0.39, 0.29) is 17.3 Å². The quantitative estimate of drug-likeness (QED) is 0.845. The van der Waals surface area contributed by atoms with Crippen molar-refractivity contribution in [2.24, 2.45) is 5.92 Å². The molecular weight excluding hydrogens is 278 g/mol. The maximum atomic E-state index is 14.1. The summed E-state index contributed by atoms with van der Waals surface area (Å²) in [4.78, 5) is 0. The lowest BCUT2D eigenvalue weighted by atomic mass is 9.79. The Hall–Kier alpha value is -2.75. The Balaban J connectivity index is 2.24. The number of ether oxygens (including phenoxy) is 1. The number of nitriles is 1. The average molecular weight is 288 g/mol. The van der Waals surface area contributed by atoms with E-state index in [4.69, 9.17) is 10.1 Å². The minimum Gasteiger partial charge on any atom is -0.422 e. The molecule has 1 aromatic heterocycles. The lowest BCUT2D eigenvalue weighted by molar-refractivity contribution is 0.430. The molecule has 2 aromatic rings. The fourth-order valence-electron chi connectivity index (χ4n) is 2.57. The van der Waals surface area contributed by atoms with Crippen LogP contribution in [-0.4, -0.2) is 16.1 Å². The second-order valence-corrected chi connectivity index (χ2v) is 4.78. The van der Waals surface area contributed by atoms with Gasteiger partial charge in [0, 0.05) is 23.2 Å². The lowest BCUT2D eigenvalue weighted by Gasteiger charge is -2.27. The van der Waals surface area contributed by atoms with Crippen molar-refractivity contribution in [2.45, 2.75) is 12.8 Å². The van der Waals surface area contributed by atoms with Crippen LogP contribution in [0.25, 0.3) is 0 Å². The molecule has 0 fully saturated rings. The van der Waals surface area contributed by atoms with E-state index in [0.29, 0.717) is 11.3 Å². The highest BCUT2D eigenvalue weighted by molar-refractivity contribution is 5.84. The number of H-pyrrole nitrogens is 1. The van der Waals surface area contributed by atoms with Gasteiger partial charge in [0.15, 0.2) is 0 Å². The van der Waals surface area contributed by atoms with Crippen molar-refractivity contribution in [1.82, 2.24) is 10.2 Å². The number of aromatic nitrogens is 2. The SMILES string of the molecule is Cc1[nH]nc2c1C(c1ccc(F)cc1F)C(C#N)C(=N)O2. The van der Waals surface area contributed by atoms with Gasteiger partial charge in [-0.15, -0.1) is 5.10 Å². The fourth-order valence-corrected chi connectivity index (χ4v) is 2.57. The summed E-state index contributed by atoms with van der Waals surface area (Å²) in [5.41, 5.74) is 1.27. The lowest BCUT2D eigenvalue weighted by Crippen LogP contribution is -2.31. The number of benzene rings is 1. The van der Waals surface area contributed by atoms with Gasteiger partial charge in [0.1, 0.15) is 17.6 Å². The Morgan fingerprint density at radius 3 is 2.86 bits per heavy atom. The number of hydrogen-bond donors (Lipinski definition) is 2. The molecule has 2 heterocycles. The standard InChI is InChI=1S/C14H10F2N4O/c1-6-11-12(8-3-2-7(15)4-10(8)16)9(5-17)13(18)21-14(11)20-19-6/h2-4,9,12,18H,1H3,(H,19,20). The predicted octanol–water partition coefficient (Wildman–Crippen LogP) is 2.64. The van der Waals surface area contributed by atoms with Crippen LogP contribution in [0, 0.1) is 41.2 Å². The van der Waals surface area contributed by atoms with E-state index in [1.54, 1.807) is 6.92 Å². The zero-order chi connectivity index (χ0) is 15.1. The van der Waals surface area contributed by atoms with Gasteiger partial charge in [0.2, 0.25) is 11.8 Å². The molecule has 0 amide bonds. The normalized spacial score (nSPS) is 20.6. The summed E-state index contributed by atoms with van der Waals surface area (Å²) >= 11 is 0. The molecule has 0 bridgehead atoms. The molecule has 0 spiro atoms. The maximum Gasteiger partial charge on any atom is 0.243 e. The number of rotatable bonds is 1. The van der Waals surface area contributed by atoms with Crippen molar-refractivity contribution in [2.75, 3.05) is 0 Å². The van der Waals surface area contributed by atoms with Gasteiger partial charge in [0.05, 0.1) is 6.07 Å². The van der Waals surface area contributed by atoms with Crippen molar-refractivity contribution in [1.29, 1.82) is 10.7 Å². The monoisotopic (exact) mass is 288 g/mol. The topological polar surface area (TPSA) is 85.5 Å². The number of halogens is 2. The first-order chi connectivity index (χ1) is 10.0. The molecular formula is C14H10F2N4O. The number of fused-ring (bicyclic) bond motifs is 1. The third-order valence-corrected chi connectivity index (χ3v) is 3.53. The molecule has 0 saturated heterocycles. The van der Waals surface area contributed by atoms with Crippen LogP contribution in [0.3, 0.4) is 0 Å². The van der Waals surface area contributed by atoms with Gasteiger partial charge in [-0.05, 0) is 18.6 Å². The first-order valence-corrected chi connectivity index (χ1v) is 6.18. The largest absolute Gasteiger partial charge is 0.422 e. The van der Waals surface area contributed by atoms with Gasteiger partial charge >= 0.3 is 0 Å². The van der Waals surface area contributed by atoms with Crippen LogP contribution < -0.4 is 4.74 Å². The van der Waals surface area contributed by atoms with E-state index in [1.807, 2.05) is 6.07 Å². The third-order valence-electron chi connectivity index (χ3n) is 3.53. The van der Waals surface area contributed by atoms with Gasteiger partial charge < -0.3 is 4.74 Å². The smallest absolute Gasteiger partial charge is 0.243 e. The number of nitrogens with one attached hydrogen (secondary N) is 2. The predicted molar refractivity (Wildman–Crippen MR) is 69.0 cm³/mol. The van der Waals surface area contributed by atoms with Crippen LogP contribution in [0.4, 0.5) is 8.78 Å². The second-order valence-electron chi connectivity index (χ2n) is 4.78. The van der Waals surface area contributed by atoms with Gasteiger partial charge in [0.25, 0.3) is 0 Å². The number of aromatic amines is 1. The summed E-state index contributed by atoms with van der Waals surface area (Å²) in [6, 6.07) is 5.12. The number of hydrogen-bond acceptors (Lipinski definition) is 4. The second kappa shape index (κ2) is 4.66. The summed E-state index contributed by atoms with van der Waals surface area (Å²) < 4.78 is 32.4. The van der Waals surface area contributed by atoms with Crippen LogP contribution in [0.15, 0.2) is 18.2 Å². The highest BCUT2D eigenvalue weighted by Gasteiger charge is 2.40. The molecule has 0 radical (unpaired) electrons. The van der Waals surface area contributed by atoms with Crippen molar-refractivity contribution in [3.63, 3.8) is 0 Å². The molecule has 21 heavy (non-hydrogen) atoms. The van der Waals surface area contributed by atoms with Crippen LogP contribution >= 0.6 is 0 Å². The first kappa shape index (κ1) is 13.2. The van der Waals surface area contributed by atoms with Crippen molar-refractivity contribution in [3.05, 3.63) is 46.7 Å². The van der Waals surface area contributed by atoms with Crippen LogP contribution in [0.5, 0.6) is 5.88 Å². The van der Waals surface area contributed by atoms with Crippen molar-refractivity contribution in [3.8, 4) is 11.9 Å². The minimum absolute atomic E-state index is 0.141. The molecule has 2 N–H and O–H groups in total. The van der Waals surface area contributed by atoms with Gasteiger partial charge in [-0.1, -0.05) is 6.07 Å². The van der Waals surface area contributed by atoms with E-state index >= 15 is 0 Å². The Morgan fingerprint density at radius 2 is 2.19 bits per heavy atom. The maximum absolute atomic E-state index is 14.1. The van der Waals surface area contributed by atoms with Crippen molar-refractivity contribution < 1.29 is 13.5 Å². The molecule has 1 aliphatic rings. The Kier molecular flexibility index (Phi) is 2.94. The molecule has 1 aromatic carbocycles. The summed E-state index contributed by atoms with van der Waals surface area (Å²) in [5, 5.41) is 23.7. The molecule has 3 rings (SSSR count). The van der Waals surface area contributed by atoms with Gasteiger partial charge in [-0.2, -0.15) is 5.26 Å². The molecule has 2 unspecified atom stereocenters. The van der Waals surface area contributed by atoms with E-state index < -0.39 is 23.5 Å². The fraction of sp³-hybridized carbons (Fsp3) is 0.214. The highest BCUT2D eigenvalue weighted by Crippen LogP contribution is 2.43. The summed E-state index contributed by atoms with van der Waals surface area (Å²) in [7, 11) is 0. The molecule has 7 heteroatoms. The van der Waals surface area contributed by atoms with E-state index in [9.17, 15) is 14.0 Å². The number of nitrogens with zero attached hydrogens (tertiary/aromatic N) is 2. The molecule has 5 nitrogen and oxygen atoms in total. The summed E-state index contributed by atoms with van der Waals surface area (Å²) in [5.74, 6) is -3.36. The van der Waals surface area contributed by atoms with Crippen molar-refractivity contribution >= 4 is 5.90 Å². The number of aryl methyl sites for hydroxylation is 1. The van der Waals surface area contributed by atoms with Gasteiger partial charge in [-0.3, -0.25) is 10.5 Å². The van der Waals surface area contributed by atoms with Crippen LogP contribution in [0.2, 0.25) is 0 Å². The molecule has 106 valence electrons. The Bertz CT molecular complexity index is 778. The molecule has 0 saturated carbocycles. The zero-order valence-corrected chi connectivity index (χ0v) is 10.9. The third kappa shape index (κ3) is 1.96. The van der Waals surface area contributed by atoms with Gasteiger partial charge in [-0.25, -0.2) is 8.78 Å². The molecule has 1 aliphatic heterocycles. The van der Waals surface area contributed by atoms with E-state index in [1.165, 1.54) is 6.07 Å². The van der Waals surface area contributed by atoms with E-state index in [0.717, 1.165) is 12.1 Å².